The molecule has 0 spiro atoms. The van der Waals surface area contributed by atoms with Crippen LogP contribution in [0.5, 0.6) is 0 Å². The number of benzene rings is 2. The van der Waals surface area contributed by atoms with E-state index in [4.69, 9.17) is 27.9 Å². The zero-order valence-electron chi connectivity index (χ0n) is 18.2. The molecule has 34 heavy (non-hydrogen) atoms. The molecule has 2 aromatic carbocycles. The van der Waals surface area contributed by atoms with Crippen molar-refractivity contribution in [1.82, 2.24) is 8.87 Å². The second-order valence-electron chi connectivity index (χ2n) is 7.62. The predicted molar refractivity (Wildman–Crippen MR) is 130 cm³/mol. The van der Waals surface area contributed by atoms with Gasteiger partial charge >= 0.3 is 0 Å². The van der Waals surface area contributed by atoms with E-state index in [-0.39, 0.29) is 11.4 Å². The molecule has 0 saturated carbocycles. The monoisotopic (exact) mass is 545 g/mol. The maximum atomic E-state index is 13.3. The van der Waals surface area contributed by atoms with Gasteiger partial charge in [-0.05, 0) is 56.2 Å². The van der Waals surface area contributed by atoms with Gasteiger partial charge in [-0.2, -0.15) is 9.30 Å². The van der Waals surface area contributed by atoms with E-state index >= 15 is 0 Å². The Balaban J connectivity index is 1.73. The highest BCUT2D eigenvalue weighted by atomic mass is 35.5. The zero-order valence-corrected chi connectivity index (χ0v) is 21.4. The third-order valence-corrected chi connectivity index (χ3v) is 9.27. The van der Waals surface area contributed by atoms with Gasteiger partial charge in [0, 0.05) is 19.7 Å². The molecule has 2 heterocycles. The van der Waals surface area contributed by atoms with Crippen LogP contribution in [0.4, 0.5) is 4.39 Å². The highest BCUT2D eigenvalue weighted by Gasteiger charge is 2.39. The van der Waals surface area contributed by atoms with Crippen molar-refractivity contribution in [2.75, 3.05) is 19.8 Å². The van der Waals surface area contributed by atoms with Gasteiger partial charge < -0.3 is 9.30 Å². The molecule has 0 radical (unpaired) electrons. The van der Waals surface area contributed by atoms with Gasteiger partial charge in [-0.15, -0.1) is 0 Å². The summed E-state index contributed by atoms with van der Waals surface area (Å²) in [5, 5.41) is 0.937. The first kappa shape index (κ1) is 25.3. The van der Waals surface area contributed by atoms with Gasteiger partial charge in [0.25, 0.3) is 5.91 Å². The van der Waals surface area contributed by atoms with Gasteiger partial charge in [0.05, 0.1) is 31.8 Å². The number of thiazole rings is 1. The lowest BCUT2D eigenvalue weighted by Crippen LogP contribution is -2.40. The van der Waals surface area contributed by atoms with Crippen molar-refractivity contribution in [2.24, 2.45) is 4.99 Å². The molecule has 1 atom stereocenters. The Morgan fingerprint density at radius 2 is 1.91 bits per heavy atom. The van der Waals surface area contributed by atoms with E-state index in [1.807, 2.05) is 6.92 Å². The number of ether oxygens (including phenoxy) is 1. The minimum absolute atomic E-state index is 0.0687. The summed E-state index contributed by atoms with van der Waals surface area (Å²) in [4.78, 5) is 17.9. The third kappa shape index (κ3) is 4.93. The summed E-state index contributed by atoms with van der Waals surface area (Å²) < 4.78 is 48.6. The summed E-state index contributed by atoms with van der Waals surface area (Å²) in [6, 6.07) is 6.95. The van der Waals surface area contributed by atoms with Crippen LogP contribution < -0.4 is 4.80 Å². The lowest BCUT2D eigenvalue weighted by Gasteiger charge is -2.21. The van der Waals surface area contributed by atoms with E-state index in [0.29, 0.717) is 57.7 Å². The van der Waals surface area contributed by atoms with Crippen LogP contribution in [0.25, 0.3) is 10.2 Å². The maximum Gasteiger partial charge on any atom is 0.266 e. The van der Waals surface area contributed by atoms with E-state index in [1.54, 1.807) is 16.7 Å². The van der Waals surface area contributed by atoms with Gasteiger partial charge in [-0.25, -0.2) is 12.8 Å². The maximum absolute atomic E-state index is 13.3. The lowest BCUT2D eigenvalue weighted by atomic mass is 10.2. The van der Waals surface area contributed by atoms with Crippen LogP contribution in [-0.2, 0) is 26.1 Å². The number of carbonyl (C=O) groups excluding carboxylic acids is 1. The minimum atomic E-state index is -3.99. The SMILES string of the molecule is CCOCCn1c(=NC(=O)C2CCCN2S(=O)(=O)c2ccc(F)cc2)sc2c(Cl)ccc(Cl)c21. The number of aromatic nitrogens is 1. The van der Waals surface area contributed by atoms with Crippen LogP contribution in [0.15, 0.2) is 46.3 Å². The smallest absolute Gasteiger partial charge is 0.266 e. The van der Waals surface area contributed by atoms with Gasteiger partial charge in [-0.3, -0.25) is 4.79 Å². The number of halogens is 3. The molecule has 4 rings (SSSR count). The van der Waals surface area contributed by atoms with Gasteiger partial charge in [-0.1, -0.05) is 34.5 Å². The molecule has 182 valence electrons. The molecular formula is C22H22Cl2FN3O4S2. The Bertz CT molecular complexity index is 1390. The standard InChI is InChI=1S/C22H22Cl2FN3O4S2/c1-2-32-13-12-27-19-16(23)9-10-17(24)20(19)33-22(27)26-21(29)18-4-3-11-28(18)34(30,31)15-7-5-14(25)6-8-15/h5-10,18H,2-4,11-13H2,1H3. The topological polar surface area (TPSA) is 81.0 Å². The molecule has 0 aliphatic carbocycles. The van der Waals surface area contributed by atoms with Crippen LogP contribution in [0.3, 0.4) is 0 Å². The number of sulfonamides is 1. The molecule has 12 heteroatoms. The summed E-state index contributed by atoms with van der Waals surface area (Å²) in [7, 11) is -3.99. The molecule has 1 aliphatic heterocycles. The molecule has 1 amide bonds. The fraction of sp³-hybridized carbons (Fsp3) is 0.364. The second-order valence-corrected chi connectivity index (χ2v) is 11.3. The molecule has 1 fully saturated rings. The number of rotatable bonds is 7. The van der Waals surface area contributed by atoms with Gasteiger partial charge in [0.1, 0.15) is 11.9 Å². The number of amides is 1. The van der Waals surface area contributed by atoms with Crippen LogP contribution in [0.2, 0.25) is 10.0 Å². The first-order valence-electron chi connectivity index (χ1n) is 10.6. The van der Waals surface area contributed by atoms with Gasteiger partial charge in [0.15, 0.2) is 4.80 Å². The Morgan fingerprint density at radius 3 is 2.62 bits per heavy atom. The number of fused-ring (bicyclic) bond motifs is 1. The van der Waals surface area contributed by atoms with Crippen molar-refractivity contribution in [3.63, 3.8) is 0 Å². The molecule has 1 unspecified atom stereocenters. The molecule has 0 bridgehead atoms. The Labute approximate surface area is 210 Å². The summed E-state index contributed by atoms with van der Waals surface area (Å²) in [5.74, 6) is -1.12. The molecule has 3 aromatic rings. The van der Waals surface area contributed by atoms with Crippen molar-refractivity contribution < 1.29 is 22.3 Å². The average Bonchev–Trinajstić information content (AvgIpc) is 3.44. The molecule has 1 aliphatic rings. The van der Waals surface area contributed by atoms with E-state index in [1.165, 1.54) is 23.5 Å². The first-order valence-corrected chi connectivity index (χ1v) is 13.7. The van der Waals surface area contributed by atoms with Crippen molar-refractivity contribution in [2.45, 2.75) is 37.2 Å². The molecule has 7 nitrogen and oxygen atoms in total. The van der Waals surface area contributed by atoms with Crippen molar-refractivity contribution in [3.8, 4) is 0 Å². The Kier molecular flexibility index (Phi) is 7.75. The summed E-state index contributed by atoms with van der Waals surface area (Å²) in [5.41, 5.74) is 0.646. The Morgan fingerprint density at radius 1 is 1.21 bits per heavy atom. The summed E-state index contributed by atoms with van der Waals surface area (Å²) in [6.07, 6.45) is 0.856. The van der Waals surface area contributed by atoms with Crippen molar-refractivity contribution >= 4 is 60.7 Å². The third-order valence-electron chi connectivity index (χ3n) is 5.51. The lowest BCUT2D eigenvalue weighted by molar-refractivity contribution is -0.121. The fourth-order valence-corrected chi connectivity index (χ4v) is 7.22. The predicted octanol–water partition coefficient (Wildman–Crippen LogP) is 4.47. The number of carbonyl (C=O) groups is 1. The van der Waals surface area contributed by atoms with Crippen LogP contribution in [0.1, 0.15) is 19.8 Å². The van der Waals surface area contributed by atoms with E-state index in [0.717, 1.165) is 16.4 Å². The zero-order chi connectivity index (χ0) is 24.5. The van der Waals surface area contributed by atoms with Gasteiger partial charge in [0.2, 0.25) is 10.0 Å². The number of nitrogens with zero attached hydrogens (tertiary/aromatic N) is 3. The number of hydrogen-bond donors (Lipinski definition) is 0. The number of hydrogen-bond acceptors (Lipinski definition) is 5. The highest BCUT2D eigenvalue weighted by Crippen LogP contribution is 2.32. The second kappa shape index (κ2) is 10.4. The normalized spacial score (nSPS) is 17.6. The largest absolute Gasteiger partial charge is 0.380 e. The van der Waals surface area contributed by atoms with Crippen LogP contribution in [-0.4, -0.2) is 49.0 Å². The van der Waals surface area contributed by atoms with E-state index in [2.05, 4.69) is 4.99 Å². The van der Waals surface area contributed by atoms with Crippen LogP contribution >= 0.6 is 34.5 Å². The van der Waals surface area contributed by atoms with Crippen LogP contribution in [0, 0.1) is 5.82 Å². The Hall–Kier alpha value is -1.82. The molecular weight excluding hydrogens is 524 g/mol. The van der Waals surface area contributed by atoms with E-state index < -0.39 is 27.8 Å². The van der Waals surface area contributed by atoms with Crippen molar-refractivity contribution in [3.05, 3.63) is 57.1 Å². The summed E-state index contributed by atoms with van der Waals surface area (Å²) in [6.45, 7) is 3.36. The fourth-order valence-electron chi connectivity index (χ4n) is 3.89. The average molecular weight is 546 g/mol. The van der Waals surface area contributed by atoms with E-state index in [9.17, 15) is 17.6 Å². The molecule has 0 N–H and O–H groups in total. The minimum Gasteiger partial charge on any atom is -0.380 e. The highest BCUT2D eigenvalue weighted by molar-refractivity contribution is 7.89. The first-order chi connectivity index (χ1) is 16.2. The molecule has 1 aromatic heterocycles. The quantitative estimate of drug-likeness (QED) is 0.410. The molecule has 1 saturated heterocycles. The summed E-state index contributed by atoms with van der Waals surface area (Å²) >= 11 is 14.0. The van der Waals surface area contributed by atoms with Crippen molar-refractivity contribution in [1.29, 1.82) is 0 Å².